The Morgan fingerprint density at radius 2 is 1.81 bits per heavy atom. The molecule has 0 fully saturated rings. The number of aryl methyl sites for hydroxylation is 1. The number of hydrogen-bond donors (Lipinski definition) is 1. The first-order valence-electron chi connectivity index (χ1n) is 6.74. The Labute approximate surface area is 126 Å². The molecule has 0 aliphatic carbocycles. The third-order valence-electron chi connectivity index (χ3n) is 3.47. The molecule has 1 atom stereocenters. The molecule has 0 bridgehead atoms. The van der Waals surface area contributed by atoms with Crippen LogP contribution in [0.1, 0.15) is 11.7 Å². The van der Waals surface area contributed by atoms with Crippen molar-refractivity contribution < 1.29 is 8.42 Å². The van der Waals surface area contributed by atoms with Crippen LogP contribution in [-0.2, 0) is 17.1 Å². The zero-order valence-electron chi connectivity index (χ0n) is 12.5. The van der Waals surface area contributed by atoms with Crippen molar-refractivity contribution in [2.24, 2.45) is 7.05 Å². The maximum Gasteiger partial charge on any atom is 0.240 e. The first kappa shape index (κ1) is 15.8. The summed E-state index contributed by atoms with van der Waals surface area (Å²) in [5.41, 5.74) is 1.07. The van der Waals surface area contributed by atoms with Gasteiger partial charge < -0.3 is 4.57 Å². The summed E-state index contributed by atoms with van der Waals surface area (Å²) in [6.07, 6.45) is 1.96. The first-order valence-corrected chi connectivity index (χ1v) is 8.22. The molecule has 1 N–H and O–H groups in total. The van der Waals surface area contributed by atoms with Crippen LogP contribution in [0.4, 0.5) is 0 Å². The average molecular weight is 307 g/mol. The highest BCUT2D eigenvalue weighted by molar-refractivity contribution is 7.89. The highest BCUT2D eigenvalue weighted by Crippen LogP contribution is 2.18. The van der Waals surface area contributed by atoms with Gasteiger partial charge in [-0.15, -0.1) is 0 Å². The van der Waals surface area contributed by atoms with Gasteiger partial charge in [0.1, 0.15) is 0 Å². The minimum atomic E-state index is -3.48. The van der Waals surface area contributed by atoms with Crippen molar-refractivity contribution in [2.45, 2.75) is 10.9 Å². The Morgan fingerprint density at radius 1 is 1.14 bits per heavy atom. The molecule has 1 aromatic heterocycles. The van der Waals surface area contributed by atoms with E-state index in [-0.39, 0.29) is 10.9 Å². The molecule has 2 rings (SSSR count). The molecule has 0 amide bonds. The second kappa shape index (κ2) is 6.43. The second-order valence-electron chi connectivity index (χ2n) is 5.19. The summed E-state index contributed by atoms with van der Waals surface area (Å²) in [7, 11) is 2.36. The number of benzene rings is 1. The molecule has 1 unspecified atom stereocenters. The van der Waals surface area contributed by atoms with Gasteiger partial charge in [-0.3, -0.25) is 4.90 Å². The first-order chi connectivity index (χ1) is 9.92. The zero-order valence-corrected chi connectivity index (χ0v) is 13.3. The maximum absolute atomic E-state index is 12.3. The SMILES string of the molecule is CN(C)C(CNS(=O)(=O)c1ccccc1)c1cccn1C. The normalized spacial score (nSPS) is 13.5. The van der Waals surface area contributed by atoms with E-state index in [0.717, 1.165) is 5.69 Å². The summed E-state index contributed by atoms with van der Waals surface area (Å²) in [6, 6.07) is 12.4. The molecule has 0 spiro atoms. The van der Waals surface area contributed by atoms with Crippen LogP contribution in [0, 0.1) is 0 Å². The molecule has 114 valence electrons. The fraction of sp³-hybridized carbons (Fsp3) is 0.333. The topological polar surface area (TPSA) is 54.3 Å². The Morgan fingerprint density at radius 3 is 2.33 bits per heavy atom. The van der Waals surface area contributed by atoms with E-state index in [4.69, 9.17) is 0 Å². The molecule has 6 heteroatoms. The lowest BCUT2D eigenvalue weighted by atomic mass is 10.2. The van der Waals surface area contributed by atoms with Crippen LogP contribution in [0.2, 0.25) is 0 Å². The van der Waals surface area contributed by atoms with E-state index in [9.17, 15) is 8.42 Å². The van der Waals surface area contributed by atoms with E-state index in [0.29, 0.717) is 6.54 Å². The van der Waals surface area contributed by atoms with Gasteiger partial charge in [0.25, 0.3) is 0 Å². The van der Waals surface area contributed by atoms with E-state index >= 15 is 0 Å². The molecule has 0 saturated carbocycles. The van der Waals surface area contributed by atoms with Crippen molar-refractivity contribution >= 4 is 10.0 Å². The van der Waals surface area contributed by atoms with Crippen molar-refractivity contribution in [3.05, 3.63) is 54.4 Å². The van der Waals surface area contributed by atoms with E-state index in [2.05, 4.69) is 4.72 Å². The lowest BCUT2D eigenvalue weighted by molar-refractivity contribution is 0.289. The largest absolute Gasteiger partial charge is 0.353 e. The molecule has 0 aliphatic rings. The number of rotatable bonds is 6. The third-order valence-corrected chi connectivity index (χ3v) is 4.91. The van der Waals surface area contributed by atoms with E-state index in [1.54, 1.807) is 30.3 Å². The van der Waals surface area contributed by atoms with Gasteiger partial charge >= 0.3 is 0 Å². The predicted octanol–water partition coefficient (Wildman–Crippen LogP) is 1.61. The molecular formula is C15H21N3O2S. The monoisotopic (exact) mass is 307 g/mol. The second-order valence-corrected chi connectivity index (χ2v) is 6.96. The Bertz CT molecular complexity index is 678. The molecular weight excluding hydrogens is 286 g/mol. The highest BCUT2D eigenvalue weighted by atomic mass is 32.2. The van der Waals surface area contributed by atoms with Gasteiger partial charge in [0, 0.05) is 25.5 Å². The predicted molar refractivity (Wildman–Crippen MR) is 83.5 cm³/mol. The number of aromatic nitrogens is 1. The number of nitrogens with zero attached hydrogens (tertiary/aromatic N) is 2. The molecule has 21 heavy (non-hydrogen) atoms. The zero-order chi connectivity index (χ0) is 15.5. The summed E-state index contributed by atoms with van der Waals surface area (Å²) < 4.78 is 29.2. The molecule has 2 aromatic rings. The minimum absolute atomic E-state index is 0.0245. The van der Waals surface area contributed by atoms with Crippen LogP contribution in [0.15, 0.2) is 53.6 Å². The summed E-state index contributed by atoms with van der Waals surface area (Å²) in [5.74, 6) is 0. The molecule has 0 radical (unpaired) electrons. The van der Waals surface area contributed by atoms with Gasteiger partial charge in [0.15, 0.2) is 0 Å². The van der Waals surface area contributed by atoms with Gasteiger partial charge in [-0.25, -0.2) is 13.1 Å². The van der Waals surface area contributed by atoms with Gasteiger partial charge in [-0.1, -0.05) is 18.2 Å². The van der Waals surface area contributed by atoms with Crippen LogP contribution in [-0.4, -0.2) is 38.5 Å². The molecule has 1 aromatic carbocycles. The fourth-order valence-corrected chi connectivity index (χ4v) is 3.30. The van der Waals surface area contributed by atoms with Crippen LogP contribution in [0.25, 0.3) is 0 Å². The lowest BCUT2D eigenvalue weighted by Gasteiger charge is -2.25. The lowest BCUT2D eigenvalue weighted by Crippen LogP contribution is -2.35. The Balaban J connectivity index is 2.15. The van der Waals surface area contributed by atoms with Gasteiger partial charge in [-0.05, 0) is 38.4 Å². The van der Waals surface area contributed by atoms with Gasteiger partial charge in [0.05, 0.1) is 10.9 Å². The average Bonchev–Trinajstić information content (AvgIpc) is 2.86. The van der Waals surface area contributed by atoms with E-state index in [1.165, 1.54) is 0 Å². The summed E-state index contributed by atoms with van der Waals surface area (Å²) in [4.78, 5) is 2.29. The Hall–Kier alpha value is -1.63. The number of hydrogen-bond acceptors (Lipinski definition) is 3. The minimum Gasteiger partial charge on any atom is -0.353 e. The fourth-order valence-electron chi connectivity index (χ4n) is 2.24. The number of likely N-dealkylation sites (N-methyl/N-ethyl adjacent to an activating group) is 1. The van der Waals surface area contributed by atoms with Crippen LogP contribution >= 0.6 is 0 Å². The maximum atomic E-state index is 12.3. The highest BCUT2D eigenvalue weighted by Gasteiger charge is 2.20. The molecule has 5 nitrogen and oxygen atoms in total. The Kier molecular flexibility index (Phi) is 4.82. The smallest absolute Gasteiger partial charge is 0.240 e. The van der Waals surface area contributed by atoms with E-state index < -0.39 is 10.0 Å². The molecule has 1 heterocycles. The summed E-state index contributed by atoms with van der Waals surface area (Å²) in [6.45, 7) is 0.322. The number of nitrogens with one attached hydrogen (secondary N) is 1. The quantitative estimate of drug-likeness (QED) is 0.882. The van der Waals surface area contributed by atoms with Crippen LogP contribution in [0.3, 0.4) is 0 Å². The van der Waals surface area contributed by atoms with Crippen molar-refractivity contribution in [1.82, 2.24) is 14.2 Å². The van der Waals surface area contributed by atoms with Crippen molar-refractivity contribution in [3.8, 4) is 0 Å². The standard InChI is InChI=1S/C15H21N3O2S/c1-17(2)15(14-10-7-11-18(14)3)12-16-21(19,20)13-8-5-4-6-9-13/h4-11,15-16H,12H2,1-3H3. The molecule has 0 aliphatic heterocycles. The van der Waals surface area contributed by atoms with E-state index in [1.807, 2.05) is 48.9 Å². The van der Waals surface area contributed by atoms with Crippen molar-refractivity contribution in [2.75, 3.05) is 20.6 Å². The van der Waals surface area contributed by atoms with Crippen molar-refractivity contribution in [3.63, 3.8) is 0 Å². The third kappa shape index (κ3) is 3.72. The van der Waals surface area contributed by atoms with Gasteiger partial charge in [-0.2, -0.15) is 0 Å². The van der Waals surface area contributed by atoms with Crippen LogP contribution in [0.5, 0.6) is 0 Å². The van der Waals surface area contributed by atoms with Gasteiger partial charge in [0.2, 0.25) is 10.0 Å². The van der Waals surface area contributed by atoms with Crippen LogP contribution < -0.4 is 4.72 Å². The summed E-state index contributed by atoms with van der Waals surface area (Å²) in [5, 5.41) is 0. The molecule has 0 saturated heterocycles. The van der Waals surface area contributed by atoms with Crippen molar-refractivity contribution in [1.29, 1.82) is 0 Å². The number of sulfonamides is 1. The summed E-state index contributed by atoms with van der Waals surface area (Å²) >= 11 is 0.